The summed E-state index contributed by atoms with van der Waals surface area (Å²) in [7, 11) is 0. The molecule has 0 saturated heterocycles. The Morgan fingerprint density at radius 3 is 2.80 bits per heavy atom. The van der Waals surface area contributed by atoms with Crippen LogP contribution in [0.15, 0.2) is 24.3 Å². The predicted octanol–water partition coefficient (Wildman–Crippen LogP) is 3.84. The largest absolute Gasteiger partial charge is 0.486 e. The van der Waals surface area contributed by atoms with Gasteiger partial charge < -0.3 is 10.1 Å². The molecule has 1 aromatic carbocycles. The number of benzene rings is 1. The lowest BCUT2D eigenvalue weighted by molar-refractivity contribution is 0.303. The summed E-state index contributed by atoms with van der Waals surface area (Å²) >= 11 is 1.74. The van der Waals surface area contributed by atoms with E-state index in [-0.39, 0.29) is 0 Å². The first-order valence-electron chi connectivity index (χ1n) is 7.05. The molecule has 0 aliphatic heterocycles. The zero-order chi connectivity index (χ0) is 14.4. The highest BCUT2D eigenvalue weighted by atomic mass is 32.1. The molecule has 108 valence electrons. The molecule has 0 radical (unpaired) electrons. The summed E-state index contributed by atoms with van der Waals surface area (Å²) in [6.45, 7) is 8.80. The molecule has 0 amide bonds. The van der Waals surface area contributed by atoms with E-state index in [0.29, 0.717) is 6.61 Å². The van der Waals surface area contributed by atoms with Crippen LogP contribution >= 0.6 is 11.3 Å². The van der Waals surface area contributed by atoms with Crippen LogP contribution in [0.1, 0.15) is 34.5 Å². The normalized spacial score (nSPS) is 10.8. The molecule has 1 aromatic heterocycles. The van der Waals surface area contributed by atoms with Crippen LogP contribution in [0.2, 0.25) is 0 Å². The van der Waals surface area contributed by atoms with E-state index in [1.807, 2.05) is 18.2 Å². The van der Waals surface area contributed by atoms with Gasteiger partial charge in [0, 0.05) is 11.4 Å². The van der Waals surface area contributed by atoms with Gasteiger partial charge in [0.15, 0.2) is 0 Å². The minimum absolute atomic E-state index is 0.546. The summed E-state index contributed by atoms with van der Waals surface area (Å²) in [6.07, 6.45) is 1.15. The van der Waals surface area contributed by atoms with Gasteiger partial charge in [-0.05, 0) is 38.4 Å². The van der Waals surface area contributed by atoms with Gasteiger partial charge in [-0.1, -0.05) is 25.1 Å². The summed E-state index contributed by atoms with van der Waals surface area (Å²) in [5.74, 6) is 0.936. The maximum Gasteiger partial charge on any atom is 0.140 e. The van der Waals surface area contributed by atoms with Gasteiger partial charge >= 0.3 is 0 Å². The third-order valence-corrected chi connectivity index (χ3v) is 4.22. The van der Waals surface area contributed by atoms with Gasteiger partial charge in [0.2, 0.25) is 0 Å². The van der Waals surface area contributed by atoms with Crippen LogP contribution in [0.25, 0.3) is 0 Å². The molecule has 2 rings (SSSR count). The van der Waals surface area contributed by atoms with Crippen molar-refractivity contribution in [1.82, 2.24) is 10.3 Å². The third kappa shape index (κ3) is 4.05. The minimum atomic E-state index is 0.546. The van der Waals surface area contributed by atoms with Crippen molar-refractivity contribution in [3.63, 3.8) is 0 Å². The number of aryl methyl sites for hydroxylation is 2. The summed E-state index contributed by atoms with van der Waals surface area (Å²) in [5, 5.41) is 4.46. The maximum atomic E-state index is 5.84. The summed E-state index contributed by atoms with van der Waals surface area (Å²) in [6, 6.07) is 8.07. The van der Waals surface area contributed by atoms with Crippen LogP contribution in [0, 0.1) is 13.8 Å². The summed E-state index contributed by atoms with van der Waals surface area (Å²) in [5.41, 5.74) is 2.27. The van der Waals surface area contributed by atoms with Gasteiger partial charge in [-0.15, -0.1) is 11.3 Å². The summed E-state index contributed by atoms with van der Waals surface area (Å²) in [4.78, 5) is 5.89. The Labute approximate surface area is 125 Å². The van der Waals surface area contributed by atoms with Gasteiger partial charge in [0.25, 0.3) is 0 Å². The molecule has 0 fully saturated rings. The molecule has 0 aliphatic rings. The molecule has 3 nitrogen and oxygen atoms in total. The van der Waals surface area contributed by atoms with Crippen molar-refractivity contribution >= 4 is 11.3 Å². The highest BCUT2D eigenvalue weighted by molar-refractivity contribution is 7.11. The fourth-order valence-electron chi connectivity index (χ4n) is 1.95. The van der Waals surface area contributed by atoms with Crippen molar-refractivity contribution in [3.05, 3.63) is 45.4 Å². The molecule has 0 atom stereocenters. The van der Waals surface area contributed by atoms with Crippen molar-refractivity contribution in [2.24, 2.45) is 0 Å². The Kier molecular flexibility index (Phi) is 5.56. The van der Waals surface area contributed by atoms with E-state index in [4.69, 9.17) is 4.74 Å². The molecule has 1 heterocycles. The molecule has 1 N–H and O–H groups in total. The van der Waals surface area contributed by atoms with Crippen LogP contribution in [0.5, 0.6) is 5.75 Å². The summed E-state index contributed by atoms with van der Waals surface area (Å²) < 4.78 is 5.84. The average Bonchev–Trinajstić information content (AvgIpc) is 2.79. The first kappa shape index (κ1) is 15.0. The molecule has 0 bridgehead atoms. The monoisotopic (exact) mass is 290 g/mol. The standard InChI is InChI=1S/C16H22N2OS/c1-4-9-17-10-15-13(3)18-16(20-15)11-19-14-8-6-5-7-12(14)2/h5-8,17H,4,9-11H2,1-3H3. The average molecular weight is 290 g/mol. The third-order valence-electron chi connectivity index (χ3n) is 3.09. The van der Waals surface area contributed by atoms with Gasteiger partial charge in [-0.25, -0.2) is 4.98 Å². The highest BCUT2D eigenvalue weighted by Crippen LogP contribution is 2.22. The Hall–Kier alpha value is -1.39. The van der Waals surface area contributed by atoms with Crippen molar-refractivity contribution in [1.29, 1.82) is 0 Å². The quantitative estimate of drug-likeness (QED) is 0.787. The molecule has 2 aromatic rings. The van der Waals surface area contributed by atoms with Crippen LogP contribution in [0.4, 0.5) is 0 Å². The molecular formula is C16H22N2OS. The lowest BCUT2D eigenvalue weighted by Crippen LogP contribution is -2.13. The second-order valence-electron chi connectivity index (χ2n) is 4.85. The van der Waals surface area contributed by atoms with E-state index >= 15 is 0 Å². The Morgan fingerprint density at radius 2 is 2.05 bits per heavy atom. The number of nitrogens with zero attached hydrogens (tertiary/aromatic N) is 1. The Morgan fingerprint density at radius 1 is 1.25 bits per heavy atom. The van der Waals surface area contributed by atoms with Gasteiger partial charge in [0.1, 0.15) is 17.4 Å². The lowest BCUT2D eigenvalue weighted by Gasteiger charge is -2.06. The van der Waals surface area contributed by atoms with Crippen LogP contribution in [0.3, 0.4) is 0 Å². The zero-order valence-corrected chi connectivity index (χ0v) is 13.2. The van der Waals surface area contributed by atoms with Crippen LogP contribution in [-0.4, -0.2) is 11.5 Å². The van der Waals surface area contributed by atoms with E-state index in [2.05, 4.69) is 37.1 Å². The van der Waals surface area contributed by atoms with Crippen molar-refractivity contribution in [2.75, 3.05) is 6.54 Å². The molecule has 4 heteroatoms. The second-order valence-corrected chi connectivity index (χ2v) is 6.02. The number of para-hydroxylation sites is 1. The predicted molar refractivity (Wildman–Crippen MR) is 84.4 cm³/mol. The fourth-order valence-corrected chi connectivity index (χ4v) is 2.90. The Bertz CT molecular complexity index is 551. The van der Waals surface area contributed by atoms with E-state index in [0.717, 1.165) is 41.5 Å². The topological polar surface area (TPSA) is 34.1 Å². The van der Waals surface area contributed by atoms with E-state index in [1.54, 1.807) is 11.3 Å². The molecular weight excluding hydrogens is 268 g/mol. The molecule has 0 unspecified atom stereocenters. The van der Waals surface area contributed by atoms with Gasteiger partial charge in [0.05, 0.1) is 5.69 Å². The smallest absolute Gasteiger partial charge is 0.140 e. The first-order chi connectivity index (χ1) is 9.70. The van der Waals surface area contributed by atoms with Crippen molar-refractivity contribution in [2.45, 2.75) is 40.3 Å². The maximum absolute atomic E-state index is 5.84. The van der Waals surface area contributed by atoms with E-state index < -0.39 is 0 Å². The number of rotatable bonds is 7. The van der Waals surface area contributed by atoms with Gasteiger partial charge in [-0.3, -0.25) is 0 Å². The SMILES string of the molecule is CCCNCc1sc(COc2ccccc2C)nc1C. The van der Waals surface area contributed by atoms with Crippen LogP contribution in [-0.2, 0) is 13.2 Å². The zero-order valence-electron chi connectivity index (χ0n) is 12.4. The second kappa shape index (κ2) is 7.41. The Balaban J connectivity index is 1.93. The minimum Gasteiger partial charge on any atom is -0.486 e. The molecule has 0 spiro atoms. The van der Waals surface area contributed by atoms with Crippen LogP contribution < -0.4 is 10.1 Å². The number of thiazole rings is 1. The number of hydrogen-bond donors (Lipinski definition) is 1. The number of nitrogens with one attached hydrogen (secondary N) is 1. The highest BCUT2D eigenvalue weighted by Gasteiger charge is 2.08. The van der Waals surface area contributed by atoms with E-state index in [9.17, 15) is 0 Å². The van der Waals surface area contributed by atoms with Crippen molar-refractivity contribution in [3.8, 4) is 5.75 Å². The number of aromatic nitrogens is 1. The lowest BCUT2D eigenvalue weighted by atomic mass is 10.2. The molecule has 20 heavy (non-hydrogen) atoms. The van der Waals surface area contributed by atoms with Crippen molar-refractivity contribution < 1.29 is 4.74 Å². The number of hydrogen-bond acceptors (Lipinski definition) is 4. The fraction of sp³-hybridized carbons (Fsp3) is 0.438. The first-order valence-corrected chi connectivity index (χ1v) is 7.86. The molecule has 0 saturated carbocycles. The van der Waals surface area contributed by atoms with E-state index in [1.165, 1.54) is 4.88 Å². The number of ether oxygens (including phenoxy) is 1. The van der Waals surface area contributed by atoms with Gasteiger partial charge in [-0.2, -0.15) is 0 Å². The molecule has 0 aliphatic carbocycles.